The van der Waals surface area contributed by atoms with Crippen LogP contribution in [0.2, 0.25) is 0 Å². The molecule has 0 aliphatic heterocycles. The Hall–Kier alpha value is -0.780. The van der Waals surface area contributed by atoms with Crippen LogP contribution in [0.1, 0.15) is 58.3 Å². The van der Waals surface area contributed by atoms with Gasteiger partial charge in [-0.15, -0.1) is 0 Å². The van der Waals surface area contributed by atoms with E-state index in [2.05, 4.69) is 6.92 Å². The summed E-state index contributed by atoms with van der Waals surface area (Å²) >= 11 is 0. The molecule has 20 heavy (non-hydrogen) atoms. The molecule has 0 saturated heterocycles. The number of carbonyl (C=O) groups excluding carboxylic acids is 1. The number of nitrogens with zero attached hydrogens (tertiary/aromatic N) is 1. The van der Waals surface area contributed by atoms with Gasteiger partial charge in [-0.25, -0.2) is 0 Å². The Morgan fingerprint density at radius 1 is 1.05 bits per heavy atom. The number of amides is 1. The van der Waals surface area contributed by atoms with Crippen molar-refractivity contribution in [2.24, 2.45) is 0 Å². The largest absolute Gasteiger partial charge is 0.406 e. The van der Waals surface area contributed by atoms with E-state index in [1.165, 1.54) is 19.3 Å². The molecule has 0 spiro atoms. The van der Waals surface area contributed by atoms with Gasteiger partial charge in [-0.1, -0.05) is 45.4 Å². The number of aliphatic hydroxyl groups excluding tert-OH is 1. The first-order valence-corrected chi connectivity index (χ1v) is 7.36. The van der Waals surface area contributed by atoms with Crippen molar-refractivity contribution in [2.45, 2.75) is 64.5 Å². The number of unbranched alkanes of at least 4 members (excludes halogenated alkanes) is 6. The molecule has 0 radical (unpaired) electrons. The summed E-state index contributed by atoms with van der Waals surface area (Å²) in [6, 6.07) is 0. The molecule has 0 unspecified atom stereocenters. The standard InChI is InChI=1S/C14H26F3NO2/c1-2-3-4-5-6-7-8-9-13(20)18(10-11-19)12-14(15,16)17/h19H,2-12H2,1H3. The van der Waals surface area contributed by atoms with Crippen molar-refractivity contribution >= 4 is 5.91 Å². The van der Waals surface area contributed by atoms with Crippen molar-refractivity contribution in [1.29, 1.82) is 0 Å². The van der Waals surface area contributed by atoms with Crippen LogP contribution in [0.15, 0.2) is 0 Å². The summed E-state index contributed by atoms with van der Waals surface area (Å²) in [6.07, 6.45) is 2.89. The molecule has 0 aliphatic rings. The van der Waals surface area contributed by atoms with E-state index >= 15 is 0 Å². The Morgan fingerprint density at radius 2 is 1.60 bits per heavy atom. The number of halogens is 3. The Morgan fingerprint density at radius 3 is 2.10 bits per heavy atom. The second-order valence-electron chi connectivity index (χ2n) is 5.03. The van der Waals surface area contributed by atoms with E-state index in [4.69, 9.17) is 5.11 Å². The fraction of sp³-hybridized carbons (Fsp3) is 0.929. The number of aliphatic hydroxyl groups is 1. The Labute approximate surface area is 119 Å². The zero-order valence-corrected chi connectivity index (χ0v) is 12.2. The average Bonchev–Trinajstić information content (AvgIpc) is 2.35. The number of rotatable bonds is 11. The van der Waals surface area contributed by atoms with Crippen LogP contribution in [0.4, 0.5) is 13.2 Å². The molecule has 0 atom stereocenters. The van der Waals surface area contributed by atoms with Crippen molar-refractivity contribution in [3.8, 4) is 0 Å². The van der Waals surface area contributed by atoms with Gasteiger partial charge in [0.15, 0.2) is 0 Å². The van der Waals surface area contributed by atoms with Crippen LogP contribution < -0.4 is 0 Å². The number of alkyl halides is 3. The second-order valence-corrected chi connectivity index (χ2v) is 5.03. The van der Waals surface area contributed by atoms with Crippen LogP contribution in [0.3, 0.4) is 0 Å². The van der Waals surface area contributed by atoms with Crippen LogP contribution in [0, 0.1) is 0 Å². The molecule has 0 aliphatic carbocycles. The maximum atomic E-state index is 12.3. The molecule has 6 heteroatoms. The molecule has 0 saturated carbocycles. The van der Waals surface area contributed by atoms with Crippen LogP contribution in [0.25, 0.3) is 0 Å². The van der Waals surface area contributed by atoms with E-state index in [0.29, 0.717) is 11.3 Å². The minimum Gasteiger partial charge on any atom is -0.395 e. The molecule has 0 heterocycles. The molecule has 1 amide bonds. The zero-order chi connectivity index (χ0) is 15.4. The Balaban J connectivity index is 3.84. The van der Waals surface area contributed by atoms with Gasteiger partial charge in [-0.05, 0) is 6.42 Å². The highest BCUT2D eigenvalue weighted by Gasteiger charge is 2.32. The van der Waals surface area contributed by atoms with Crippen LogP contribution >= 0.6 is 0 Å². The van der Waals surface area contributed by atoms with Crippen molar-refractivity contribution in [2.75, 3.05) is 19.7 Å². The van der Waals surface area contributed by atoms with Crippen molar-refractivity contribution < 1.29 is 23.1 Å². The predicted octanol–water partition coefficient (Wildman–Crippen LogP) is 3.51. The van der Waals surface area contributed by atoms with Crippen LogP contribution in [0.5, 0.6) is 0 Å². The van der Waals surface area contributed by atoms with Crippen LogP contribution in [-0.4, -0.2) is 41.8 Å². The quantitative estimate of drug-likeness (QED) is 0.593. The highest BCUT2D eigenvalue weighted by molar-refractivity contribution is 5.76. The third kappa shape index (κ3) is 11.1. The summed E-state index contributed by atoms with van der Waals surface area (Å²) in [5, 5.41) is 8.71. The third-order valence-corrected chi connectivity index (χ3v) is 3.09. The van der Waals surface area contributed by atoms with Gasteiger partial charge in [0.25, 0.3) is 0 Å². The highest BCUT2D eigenvalue weighted by Crippen LogP contribution is 2.17. The summed E-state index contributed by atoms with van der Waals surface area (Å²) in [5.74, 6) is -0.523. The van der Waals surface area contributed by atoms with E-state index in [1.807, 2.05) is 0 Å². The van der Waals surface area contributed by atoms with E-state index in [9.17, 15) is 18.0 Å². The van der Waals surface area contributed by atoms with Gasteiger partial charge < -0.3 is 10.0 Å². The first-order valence-electron chi connectivity index (χ1n) is 7.36. The SMILES string of the molecule is CCCCCCCCCC(=O)N(CCO)CC(F)(F)F. The van der Waals surface area contributed by atoms with Gasteiger partial charge in [0.2, 0.25) is 5.91 Å². The topological polar surface area (TPSA) is 40.5 Å². The number of carbonyl (C=O) groups is 1. The number of hydrogen-bond donors (Lipinski definition) is 1. The van der Waals surface area contributed by atoms with Gasteiger partial charge in [0.1, 0.15) is 6.54 Å². The molecule has 0 fully saturated rings. The van der Waals surface area contributed by atoms with Gasteiger partial charge in [-0.2, -0.15) is 13.2 Å². The summed E-state index contributed by atoms with van der Waals surface area (Å²) < 4.78 is 36.8. The molecular weight excluding hydrogens is 271 g/mol. The smallest absolute Gasteiger partial charge is 0.395 e. The molecular formula is C14H26F3NO2. The average molecular weight is 297 g/mol. The van der Waals surface area contributed by atoms with E-state index in [0.717, 1.165) is 19.3 Å². The molecule has 0 aromatic carbocycles. The van der Waals surface area contributed by atoms with Crippen molar-refractivity contribution in [1.82, 2.24) is 4.90 Å². The van der Waals surface area contributed by atoms with Gasteiger partial charge >= 0.3 is 6.18 Å². The monoisotopic (exact) mass is 297 g/mol. The first-order chi connectivity index (χ1) is 9.40. The summed E-state index contributed by atoms with van der Waals surface area (Å²) in [4.78, 5) is 12.4. The second kappa shape index (κ2) is 10.9. The number of hydrogen-bond acceptors (Lipinski definition) is 2. The normalized spacial score (nSPS) is 11.7. The third-order valence-electron chi connectivity index (χ3n) is 3.09. The molecule has 1 N–H and O–H groups in total. The first kappa shape index (κ1) is 19.2. The fourth-order valence-corrected chi connectivity index (χ4v) is 2.02. The van der Waals surface area contributed by atoms with Crippen molar-refractivity contribution in [3.05, 3.63) is 0 Å². The minimum atomic E-state index is -4.41. The molecule has 0 aromatic heterocycles. The molecule has 0 aromatic rings. The highest BCUT2D eigenvalue weighted by atomic mass is 19.4. The lowest BCUT2D eigenvalue weighted by molar-refractivity contribution is -0.162. The van der Waals surface area contributed by atoms with E-state index in [-0.39, 0.29) is 13.0 Å². The minimum absolute atomic E-state index is 0.129. The maximum absolute atomic E-state index is 12.3. The molecule has 3 nitrogen and oxygen atoms in total. The lowest BCUT2D eigenvalue weighted by Gasteiger charge is -2.23. The predicted molar refractivity (Wildman–Crippen MR) is 72.3 cm³/mol. The molecule has 0 bridgehead atoms. The van der Waals surface area contributed by atoms with Crippen molar-refractivity contribution in [3.63, 3.8) is 0 Å². The van der Waals surface area contributed by atoms with Gasteiger partial charge in [0, 0.05) is 13.0 Å². The molecule has 120 valence electrons. The van der Waals surface area contributed by atoms with E-state index < -0.39 is 25.2 Å². The zero-order valence-electron chi connectivity index (χ0n) is 12.2. The Kier molecular flexibility index (Phi) is 10.5. The lowest BCUT2D eigenvalue weighted by Crippen LogP contribution is -2.40. The summed E-state index contributed by atoms with van der Waals surface area (Å²) in [7, 11) is 0. The fourth-order valence-electron chi connectivity index (χ4n) is 2.02. The lowest BCUT2D eigenvalue weighted by atomic mass is 10.1. The van der Waals surface area contributed by atoms with Gasteiger partial charge in [-0.3, -0.25) is 4.79 Å². The summed E-state index contributed by atoms with van der Waals surface area (Å²) in [5.41, 5.74) is 0. The van der Waals surface area contributed by atoms with Gasteiger partial charge in [0.05, 0.1) is 6.61 Å². The van der Waals surface area contributed by atoms with E-state index in [1.54, 1.807) is 0 Å². The summed E-state index contributed by atoms with van der Waals surface area (Å²) in [6.45, 7) is 0.158. The van der Waals surface area contributed by atoms with Crippen LogP contribution in [-0.2, 0) is 4.79 Å². The molecule has 0 rings (SSSR count). The Bertz CT molecular complexity index is 257. The maximum Gasteiger partial charge on any atom is 0.406 e.